The second-order valence-electron chi connectivity index (χ2n) is 6.81. The molecule has 0 heterocycles. The molecule has 0 atom stereocenters. The highest BCUT2D eigenvalue weighted by molar-refractivity contribution is 5.76. The molecular weight excluding hydrogens is 314 g/mol. The van der Waals surface area contributed by atoms with Crippen molar-refractivity contribution in [1.29, 1.82) is 0 Å². The van der Waals surface area contributed by atoms with Crippen molar-refractivity contribution in [3.63, 3.8) is 0 Å². The average molecular weight is 347 g/mol. The highest BCUT2D eigenvalue weighted by Crippen LogP contribution is 2.09. The van der Waals surface area contributed by atoms with Crippen molar-refractivity contribution in [2.45, 2.75) is 77.6 Å². The number of rotatable bonds is 14. The Labute approximate surface area is 152 Å². The van der Waals surface area contributed by atoms with E-state index in [1.54, 1.807) is 0 Å². The minimum Gasteiger partial charge on any atom is -0.481 e. The lowest BCUT2D eigenvalue weighted by atomic mass is 10.1. The summed E-state index contributed by atoms with van der Waals surface area (Å²) in [5.41, 5.74) is 2.46. The third kappa shape index (κ3) is 12.2. The fraction of sp³-hybridized carbons (Fsp3) is 0.619. The zero-order valence-corrected chi connectivity index (χ0v) is 15.6. The second kappa shape index (κ2) is 13.5. The van der Waals surface area contributed by atoms with Gasteiger partial charge in [-0.1, -0.05) is 68.4 Å². The molecule has 0 aliphatic heterocycles. The second-order valence-corrected chi connectivity index (χ2v) is 6.81. The van der Waals surface area contributed by atoms with Crippen LogP contribution in [0.15, 0.2) is 24.3 Å². The van der Waals surface area contributed by atoms with E-state index in [1.807, 2.05) is 0 Å². The molecule has 0 unspecified atom stereocenters. The van der Waals surface area contributed by atoms with Gasteiger partial charge in [0.1, 0.15) is 0 Å². The van der Waals surface area contributed by atoms with Crippen LogP contribution >= 0.6 is 0 Å². The molecule has 2 N–H and O–H groups in total. The summed E-state index contributed by atoms with van der Waals surface area (Å²) < 4.78 is 0. The SMILES string of the molecule is Cc1ccc(CCC(=O)NCCCCCCCCCCC(=O)O)cc1. The summed E-state index contributed by atoms with van der Waals surface area (Å²) in [6.45, 7) is 2.83. The number of carbonyl (C=O) groups is 2. The number of hydrogen-bond acceptors (Lipinski definition) is 2. The van der Waals surface area contributed by atoms with Gasteiger partial charge in [0, 0.05) is 19.4 Å². The van der Waals surface area contributed by atoms with Crippen LogP contribution in [0.25, 0.3) is 0 Å². The number of nitrogens with one attached hydrogen (secondary N) is 1. The topological polar surface area (TPSA) is 66.4 Å². The van der Waals surface area contributed by atoms with E-state index in [4.69, 9.17) is 5.11 Å². The first-order valence-electron chi connectivity index (χ1n) is 9.62. The molecule has 1 rings (SSSR count). The highest BCUT2D eigenvalue weighted by Gasteiger charge is 2.02. The van der Waals surface area contributed by atoms with Crippen molar-refractivity contribution in [1.82, 2.24) is 5.32 Å². The summed E-state index contributed by atoms with van der Waals surface area (Å²) in [6, 6.07) is 8.34. The van der Waals surface area contributed by atoms with Gasteiger partial charge in [-0.2, -0.15) is 0 Å². The van der Waals surface area contributed by atoms with Crippen molar-refractivity contribution in [3.8, 4) is 0 Å². The molecular formula is C21H33NO3. The third-order valence-electron chi connectivity index (χ3n) is 4.40. The highest BCUT2D eigenvalue weighted by atomic mass is 16.4. The molecule has 0 radical (unpaired) electrons. The van der Waals surface area contributed by atoms with Crippen LogP contribution in [0, 0.1) is 6.92 Å². The lowest BCUT2D eigenvalue weighted by Gasteiger charge is -2.06. The Bertz CT molecular complexity index is 496. The first-order valence-corrected chi connectivity index (χ1v) is 9.62. The van der Waals surface area contributed by atoms with Crippen molar-refractivity contribution < 1.29 is 14.7 Å². The molecule has 1 amide bonds. The Balaban J connectivity index is 1.88. The molecule has 140 valence electrons. The Morgan fingerprint density at radius 3 is 2.00 bits per heavy atom. The smallest absolute Gasteiger partial charge is 0.303 e. The zero-order valence-electron chi connectivity index (χ0n) is 15.6. The van der Waals surface area contributed by atoms with Gasteiger partial charge in [-0.3, -0.25) is 9.59 Å². The zero-order chi connectivity index (χ0) is 18.3. The average Bonchev–Trinajstić information content (AvgIpc) is 2.59. The van der Waals surface area contributed by atoms with E-state index in [0.29, 0.717) is 12.8 Å². The number of aryl methyl sites for hydroxylation is 2. The van der Waals surface area contributed by atoms with Gasteiger partial charge in [0.05, 0.1) is 0 Å². The van der Waals surface area contributed by atoms with Crippen LogP contribution in [0.2, 0.25) is 0 Å². The maximum atomic E-state index is 11.8. The van der Waals surface area contributed by atoms with Gasteiger partial charge < -0.3 is 10.4 Å². The molecule has 0 aromatic heterocycles. The van der Waals surface area contributed by atoms with E-state index < -0.39 is 5.97 Å². The maximum Gasteiger partial charge on any atom is 0.303 e. The van der Waals surface area contributed by atoms with Crippen LogP contribution in [-0.2, 0) is 16.0 Å². The fourth-order valence-electron chi connectivity index (χ4n) is 2.79. The van der Waals surface area contributed by atoms with E-state index in [-0.39, 0.29) is 5.91 Å². The third-order valence-corrected chi connectivity index (χ3v) is 4.40. The van der Waals surface area contributed by atoms with Crippen LogP contribution in [0.3, 0.4) is 0 Å². The normalized spacial score (nSPS) is 10.6. The van der Waals surface area contributed by atoms with Crippen LogP contribution in [0.1, 0.15) is 75.3 Å². The molecule has 0 bridgehead atoms. The number of unbranched alkanes of at least 4 members (excludes halogenated alkanes) is 7. The van der Waals surface area contributed by atoms with E-state index in [1.165, 1.54) is 30.4 Å². The van der Waals surface area contributed by atoms with Crippen molar-refractivity contribution >= 4 is 11.9 Å². The van der Waals surface area contributed by atoms with Gasteiger partial charge in [-0.05, 0) is 31.7 Å². The summed E-state index contributed by atoms with van der Waals surface area (Å²) in [7, 11) is 0. The first kappa shape index (κ1) is 21.2. The molecule has 4 nitrogen and oxygen atoms in total. The standard InChI is InChI=1S/C21H33NO3/c1-18-11-13-19(14-12-18)15-16-20(23)22-17-9-7-5-3-2-4-6-8-10-21(24)25/h11-14H,2-10,15-17H2,1H3,(H,22,23)(H,24,25). The van der Waals surface area contributed by atoms with Crippen molar-refractivity contribution in [2.24, 2.45) is 0 Å². The summed E-state index contributed by atoms with van der Waals surface area (Å²) >= 11 is 0. The number of carboxylic acids is 1. The van der Waals surface area contributed by atoms with Gasteiger partial charge in [-0.25, -0.2) is 0 Å². The van der Waals surface area contributed by atoms with E-state index in [2.05, 4.69) is 36.5 Å². The predicted octanol–water partition coefficient (Wildman–Crippen LogP) is 4.64. The number of benzene rings is 1. The molecule has 0 aliphatic carbocycles. The Morgan fingerprint density at radius 2 is 1.40 bits per heavy atom. The van der Waals surface area contributed by atoms with E-state index in [9.17, 15) is 9.59 Å². The van der Waals surface area contributed by atoms with Crippen molar-refractivity contribution in [3.05, 3.63) is 35.4 Å². The molecule has 0 aliphatic rings. The molecule has 0 saturated carbocycles. The summed E-state index contributed by atoms with van der Waals surface area (Å²) in [6.07, 6.45) is 10.4. The Kier molecular flexibility index (Phi) is 11.4. The number of carboxylic acid groups (broad SMARTS) is 1. The fourth-order valence-corrected chi connectivity index (χ4v) is 2.79. The minimum absolute atomic E-state index is 0.138. The maximum absolute atomic E-state index is 11.8. The van der Waals surface area contributed by atoms with Gasteiger partial charge in [-0.15, -0.1) is 0 Å². The van der Waals surface area contributed by atoms with E-state index >= 15 is 0 Å². The number of carbonyl (C=O) groups excluding carboxylic acids is 1. The summed E-state index contributed by atoms with van der Waals surface area (Å²) in [5, 5.41) is 11.5. The number of aliphatic carboxylic acids is 1. The molecule has 25 heavy (non-hydrogen) atoms. The monoisotopic (exact) mass is 347 g/mol. The molecule has 0 saturated heterocycles. The molecule has 1 aromatic rings. The molecule has 0 spiro atoms. The van der Waals surface area contributed by atoms with Gasteiger partial charge in [0.25, 0.3) is 0 Å². The number of hydrogen-bond donors (Lipinski definition) is 2. The van der Waals surface area contributed by atoms with E-state index in [0.717, 1.165) is 45.1 Å². The van der Waals surface area contributed by atoms with Gasteiger partial charge in [0.15, 0.2) is 0 Å². The summed E-state index contributed by atoms with van der Waals surface area (Å²) in [4.78, 5) is 22.2. The van der Waals surface area contributed by atoms with Crippen LogP contribution in [-0.4, -0.2) is 23.5 Å². The largest absolute Gasteiger partial charge is 0.481 e. The first-order chi connectivity index (χ1) is 12.1. The van der Waals surface area contributed by atoms with Gasteiger partial charge >= 0.3 is 5.97 Å². The van der Waals surface area contributed by atoms with Crippen LogP contribution in [0.5, 0.6) is 0 Å². The Morgan fingerprint density at radius 1 is 0.840 bits per heavy atom. The quantitative estimate of drug-likeness (QED) is 0.482. The number of amides is 1. The lowest BCUT2D eigenvalue weighted by molar-refractivity contribution is -0.137. The van der Waals surface area contributed by atoms with Crippen LogP contribution in [0.4, 0.5) is 0 Å². The predicted molar refractivity (Wildman–Crippen MR) is 102 cm³/mol. The van der Waals surface area contributed by atoms with Crippen LogP contribution < -0.4 is 5.32 Å². The van der Waals surface area contributed by atoms with Crippen molar-refractivity contribution in [2.75, 3.05) is 6.54 Å². The molecule has 4 heteroatoms. The molecule has 1 aromatic carbocycles. The lowest BCUT2D eigenvalue weighted by Crippen LogP contribution is -2.24. The minimum atomic E-state index is -0.694. The molecule has 0 fully saturated rings. The van der Waals surface area contributed by atoms with Gasteiger partial charge in [0.2, 0.25) is 5.91 Å². The Hall–Kier alpha value is -1.84. The summed E-state index contributed by atoms with van der Waals surface area (Å²) in [5.74, 6) is -0.556.